The minimum absolute atomic E-state index is 0. The summed E-state index contributed by atoms with van der Waals surface area (Å²) in [6, 6.07) is 20.2. The summed E-state index contributed by atoms with van der Waals surface area (Å²) in [5.74, 6) is 0.0105. The average Bonchev–Trinajstić information content (AvgIpc) is 3.12. The largest absolute Gasteiger partial charge is 0.309 e. The van der Waals surface area contributed by atoms with Crippen LogP contribution in [0.25, 0.3) is 21.0 Å². The van der Waals surface area contributed by atoms with Gasteiger partial charge in [-0.15, -0.1) is 12.4 Å². The van der Waals surface area contributed by atoms with Gasteiger partial charge >= 0.3 is 0 Å². The SMILES string of the molecule is Cc1ccc2nc(N(CCCN(C)C)C(=O)c3cccc4ccccc34)sc2c1.Cl. The topological polar surface area (TPSA) is 36.4 Å². The van der Waals surface area contributed by atoms with Crippen LogP contribution in [-0.2, 0) is 0 Å². The molecule has 0 atom stereocenters. The van der Waals surface area contributed by atoms with Crippen LogP contribution in [0, 0.1) is 6.92 Å². The second-order valence-electron chi connectivity index (χ2n) is 7.61. The van der Waals surface area contributed by atoms with Crippen LogP contribution in [0.1, 0.15) is 22.3 Å². The highest BCUT2D eigenvalue weighted by Crippen LogP contribution is 2.31. The lowest BCUT2D eigenvalue weighted by molar-refractivity contribution is 0.0987. The minimum atomic E-state index is 0. The van der Waals surface area contributed by atoms with Crippen molar-refractivity contribution in [1.82, 2.24) is 9.88 Å². The molecule has 6 heteroatoms. The summed E-state index contributed by atoms with van der Waals surface area (Å²) in [6.45, 7) is 3.64. The van der Waals surface area contributed by atoms with Crippen LogP contribution >= 0.6 is 23.7 Å². The minimum Gasteiger partial charge on any atom is -0.309 e. The lowest BCUT2D eigenvalue weighted by Gasteiger charge is -2.21. The third-order valence-corrected chi connectivity index (χ3v) is 6.06. The van der Waals surface area contributed by atoms with E-state index in [4.69, 9.17) is 4.98 Å². The molecule has 0 fully saturated rings. The van der Waals surface area contributed by atoms with Gasteiger partial charge in [0.05, 0.1) is 10.2 Å². The van der Waals surface area contributed by atoms with Crippen LogP contribution in [0.5, 0.6) is 0 Å². The number of hydrogen-bond donors (Lipinski definition) is 0. The molecule has 30 heavy (non-hydrogen) atoms. The standard InChI is InChI=1S/C24H25N3OS.ClH/c1-17-12-13-21-22(16-17)29-24(25-21)27(15-7-14-26(2)3)23(28)20-11-6-9-18-8-4-5-10-19(18)20;/h4-6,8-13,16H,7,14-15H2,1-3H3;1H. The molecule has 1 amide bonds. The third-order valence-electron chi connectivity index (χ3n) is 5.02. The maximum absolute atomic E-state index is 13.7. The second kappa shape index (κ2) is 9.56. The molecule has 4 nitrogen and oxygen atoms in total. The van der Waals surface area contributed by atoms with E-state index in [1.54, 1.807) is 11.3 Å². The van der Waals surface area contributed by atoms with E-state index in [-0.39, 0.29) is 18.3 Å². The van der Waals surface area contributed by atoms with Crippen LogP contribution in [0.2, 0.25) is 0 Å². The molecule has 0 N–H and O–H groups in total. The normalized spacial score (nSPS) is 11.1. The Hall–Kier alpha value is -2.47. The van der Waals surface area contributed by atoms with E-state index in [2.05, 4.69) is 38.1 Å². The quantitative estimate of drug-likeness (QED) is 0.382. The van der Waals surface area contributed by atoms with E-state index in [0.717, 1.165) is 44.6 Å². The Morgan fingerprint density at radius 1 is 1.00 bits per heavy atom. The number of hydrogen-bond acceptors (Lipinski definition) is 4. The molecular weight excluding hydrogens is 414 g/mol. The number of carbonyl (C=O) groups is 1. The first-order valence-electron chi connectivity index (χ1n) is 9.84. The fourth-order valence-corrected chi connectivity index (χ4v) is 4.61. The van der Waals surface area contributed by atoms with Gasteiger partial charge in [0, 0.05) is 12.1 Å². The summed E-state index contributed by atoms with van der Waals surface area (Å²) >= 11 is 1.59. The molecule has 4 aromatic rings. The molecule has 4 rings (SSSR count). The summed E-state index contributed by atoms with van der Waals surface area (Å²) in [6.07, 6.45) is 0.887. The molecule has 0 bridgehead atoms. The average molecular weight is 440 g/mol. The Bertz CT molecular complexity index is 1170. The number of fused-ring (bicyclic) bond motifs is 2. The predicted octanol–water partition coefficient (Wildman–Crippen LogP) is 5.78. The Labute approximate surface area is 187 Å². The van der Waals surface area contributed by atoms with E-state index < -0.39 is 0 Å². The van der Waals surface area contributed by atoms with E-state index >= 15 is 0 Å². The van der Waals surface area contributed by atoms with Gasteiger partial charge in [-0.1, -0.05) is 53.8 Å². The number of carbonyl (C=O) groups excluding carboxylic acids is 1. The third kappa shape index (κ3) is 4.64. The number of thiazole rings is 1. The Morgan fingerprint density at radius 3 is 2.57 bits per heavy atom. The Morgan fingerprint density at radius 2 is 1.77 bits per heavy atom. The molecule has 0 radical (unpaired) electrons. The predicted molar refractivity (Wildman–Crippen MR) is 130 cm³/mol. The highest BCUT2D eigenvalue weighted by molar-refractivity contribution is 7.22. The fourth-order valence-electron chi connectivity index (χ4n) is 3.52. The molecule has 0 saturated carbocycles. The number of halogens is 1. The number of nitrogens with zero attached hydrogens (tertiary/aromatic N) is 3. The van der Waals surface area contributed by atoms with E-state index in [1.807, 2.05) is 53.4 Å². The number of amides is 1. The maximum atomic E-state index is 13.7. The van der Waals surface area contributed by atoms with Gasteiger partial charge in [-0.2, -0.15) is 0 Å². The van der Waals surface area contributed by atoms with Gasteiger partial charge < -0.3 is 4.90 Å². The van der Waals surface area contributed by atoms with Gasteiger partial charge in [0.2, 0.25) is 0 Å². The molecule has 0 aliphatic heterocycles. The van der Waals surface area contributed by atoms with Crippen molar-refractivity contribution in [2.75, 3.05) is 32.1 Å². The van der Waals surface area contributed by atoms with Crippen LogP contribution < -0.4 is 4.90 Å². The number of anilines is 1. The van der Waals surface area contributed by atoms with Crippen LogP contribution in [0.4, 0.5) is 5.13 Å². The molecule has 0 unspecified atom stereocenters. The van der Waals surface area contributed by atoms with Crippen LogP contribution in [0.15, 0.2) is 60.7 Å². The van der Waals surface area contributed by atoms with Crippen LogP contribution in [-0.4, -0.2) is 43.0 Å². The van der Waals surface area contributed by atoms with Crippen molar-refractivity contribution in [3.8, 4) is 0 Å². The molecule has 1 heterocycles. The first-order valence-corrected chi connectivity index (χ1v) is 10.7. The lowest BCUT2D eigenvalue weighted by atomic mass is 10.0. The molecule has 1 aromatic heterocycles. The van der Waals surface area contributed by atoms with Crippen molar-refractivity contribution in [2.24, 2.45) is 0 Å². The summed E-state index contributed by atoms with van der Waals surface area (Å²) < 4.78 is 1.11. The summed E-state index contributed by atoms with van der Waals surface area (Å²) in [5, 5.41) is 2.82. The lowest BCUT2D eigenvalue weighted by Crippen LogP contribution is -2.33. The summed E-state index contributed by atoms with van der Waals surface area (Å²) in [4.78, 5) is 22.4. The van der Waals surface area contributed by atoms with Crippen molar-refractivity contribution in [2.45, 2.75) is 13.3 Å². The zero-order valence-electron chi connectivity index (χ0n) is 17.5. The summed E-state index contributed by atoms with van der Waals surface area (Å²) in [7, 11) is 4.11. The second-order valence-corrected chi connectivity index (χ2v) is 8.62. The molecule has 0 saturated heterocycles. The maximum Gasteiger partial charge on any atom is 0.260 e. The molecular formula is C24H26ClN3OS. The molecule has 156 valence electrons. The van der Waals surface area contributed by atoms with Gasteiger partial charge in [0.15, 0.2) is 5.13 Å². The van der Waals surface area contributed by atoms with Gasteiger partial charge in [0.1, 0.15) is 0 Å². The van der Waals surface area contributed by atoms with Crippen molar-refractivity contribution >= 4 is 55.8 Å². The van der Waals surface area contributed by atoms with Crippen molar-refractivity contribution in [3.63, 3.8) is 0 Å². The van der Waals surface area contributed by atoms with E-state index in [9.17, 15) is 4.79 Å². The Balaban J connectivity index is 0.00000256. The highest BCUT2D eigenvalue weighted by Gasteiger charge is 2.22. The van der Waals surface area contributed by atoms with Gasteiger partial charge in [0.25, 0.3) is 5.91 Å². The molecule has 0 aliphatic rings. The van der Waals surface area contributed by atoms with Gasteiger partial charge in [-0.3, -0.25) is 9.69 Å². The Kier molecular flexibility index (Phi) is 7.08. The smallest absolute Gasteiger partial charge is 0.260 e. The monoisotopic (exact) mass is 439 g/mol. The molecule has 3 aromatic carbocycles. The number of rotatable bonds is 6. The van der Waals surface area contributed by atoms with Crippen molar-refractivity contribution in [3.05, 3.63) is 71.8 Å². The van der Waals surface area contributed by atoms with Crippen LogP contribution in [0.3, 0.4) is 0 Å². The number of aryl methyl sites for hydroxylation is 1. The zero-order chi connectivity index (χ0) is 20.4. The van der Waals surface area contributed by atoms with Gasteiger partial charge in [-0.25, -0.2) is 4.98 Å². The number of aromatic nitrogens is 1. The molecule has 0 spiro atoms. The highest BCUT2D eigenvalue weighted by atomic mass is 35.5. The molecule has 0 aliphatic carbocycles. The van der Waals surface area contributed by atoms with E-state index in [1.165, 1.54) is 5.56 Å². The van der Waals surface area contributed by atoms with Crippen molar-refractivity contribution in [1.29, 1.82) is 0 Å². The first-order chi connectivity index (χ1) is 14.0. The van der Waals surface area contributed by atoms with Crippen molar-refractivity contribution < 1.29 is 4.79 Å². The summed E-state index contributed by atoms with van der Waals surface area (Å²) in [5.41, 5.74) is 2.87. The number of benzene rings is 3. The van der Waals surface area contributed by atoms with Gasteiger partial charge in [-0.05, 0) is 68.5 Å². The fraction of sp³-hybridized carbons (Fsp3) is 0.250. The first kappa shape index (κ1) is 22.2. The van der Waals surface area contributed by atoms with E-state index in [0.29, 0.717) is 6.54 Å². The zero-order valence-corrected chi connectivity index (χ0v) is 19.1.